The number of benzene rings is 2. The highest BCUT2D eigenvalue weighted by Crippen LogP contribution is 2.23. The minimum Gasteiger partial charge on any atom is -0.324 e. The Bertz CT molecular complexity index is 732. The van der Waals surface area contributed by atoms with Gasteiger partial charge in [-0.25, -0.2) is 4.39 Å². The van der Waals surface area contributed by atoms with Crippen molar-refractivity contribution in [3.05, 3.63) is 65.5 Å². The molecule has 0 bridgehead atoms. The van der Waals surface area contributed by atoms with Crippen LogP contribution in [-0.4, -0.2) is 37.0 Å². The molecule has 5 heteroatoms. The van der Waals surface area contributed by atoms with Gasteiger partial charge in [-0.1, -0.05) is 43.3 Å². The van der Waals surface area contributed by atoms with Crippen LogP contribution >= 0.6 is 0 Å². The van der Waals surface area contributed by atoms with Gasteiger partial charge in [0, 0.05) is 38.6 Å². The lowest BCUT2D eigenvalue weighted by Gasteiger charge is -2.36. The summed E-state index contributed by atoms with van der Waals surface area (Å²) in [7, 11) is 0. The number of carbonyl (C=O) groups is 1. The molecule has 0 saturated carbocycles. The number of carbonyl (C=O) groups excluding carboxylic acids is 1. The van der Waals surface area contributed by atoms with Crippen molar-refractivity contribution >= 4 is 11.6 Å². The first-order valence-electron chi connectivity index (χ1n) is 9.25. The van der Waals surface area contributed by atoms with E-state index in [4.69, 9.17) is 0 Å². The Morgan fingerprint density at radius 1 is 1.23 bits per heavy atom. The Hall–Kier alpha value is -2.24. The second-order valence-electron chi connectivity index (χ2n) is 6.63. The molecule has 0 radical (unpaired) electrons. The molecule has 1 aliphatic rings. The number of halogens is 1. The van der Waals surface area contributed by atoms with Crippen molar-refractivity contribution in [3.63, 3.8) is 0 Å². The fourth-order valence-corrected chi connectivity index (χ4v) is 3.34. The highest BCUT2D eigenvalue weighted by Gasteiger charge is 2.24. The zero-order valence-corrected chi connectivity index (χ0v) is 15.2. The van der Waals surface area contributed by atoms with Gasteiger partial charge in [-0.3, -0.25) is 9.69 Å². The van der Waals surface area contributed by atoms with E-state index in [0.717, 1.165) is 26.1 Å². The molecule has 1 fully saturated rings. The van der Waals surface area contributed by atoms with Crippen molar-refractivity contribution in [1.82, 2.24) is 10.2 Å². The number of nitrogens with zero attached hydrogens (tertiary/aromatic N) is 1. The summed E-state index contributed by atoms with van der Waals surface area (Å²) in [6, 6.07) is 15.2. The summed E-state index contributed by atoms with van der Waals surface area (Å²) in [5.41, 5.74) is 2.83. The number of hydrogen-bond acceptors (Lipinski definition) is 3. The lowest BCUT2D eigenvalue weighted by molar-refractivity contribution is -0.116. The SMILES string of the molecule is CCc1ccc(C2CNCCN2CCC(=O)Nc2ccccc2F)cc1. The maximum atomic E-state index is 13.7. The number of anilines is 1. The molecule has 138 valence electrons. The number of para-hydroxylation sites is 1. The number of aryl methyl sites for hydroxylation is 1. The Morgan fingerprint density at radius 2 is 2.00 bits per heavy atom. The number of nitrogens with one attached hydrogen (secondary N) is 2. The minimum atomic E-state index is -0.406. The summed E-state index contributed by atoms with van der Waals surface area (Å²) in [6.45, 7) is 5.49. The van der Waals surface area contributed by atoms with Crippen molar-refractivity contribution in [2.75, 3.05) is 31.5 Å². The Morgan fingerprint density at radius 3 is 2.73 bits per heavy atom. The van der Waals surface area contributed by atoms with Gasteiger partial charge in [0.15, 0.2) is 0 Å². The quantitative estimate of drug-likeness (QED) is 0.835. The van der Waals surface area contributed by atoms with E-state index in [1.54, 1.807) is 18.2 Å². The predicted molar refractivity (Wildman–Crippen MR) is 103 cm³/mol. The van der Waals surface area contributed by atoms with E-state index in [-0.39, 0.29) is 17.6 Å². The molecule has 0 spiro atoms. The van der Waals surface area contributed by atoms with Gasteiger partial charge in [0.25, 0.3) is 0 Å². The van der Waals surface area contributed by atoms with E-state index in [1.165, 1.54) is 17.2 Å². The first-order valence-corrected chi connectivity index (χ1v) is 9.25. The van der Waals surface area contributed by atoms with Gasteiger partial charge in [0.1, 0.15) is 5.82 Å². The standard InChI is InChI=1S/C21H26FN3O/c1-2-16-7-9-17(10-8-16)20-15-23-12-14-25(20)13-11-21(26)24-19-6-4-3-5-18(19)22/h3-10,20,23H,2,11-15H2,1H3,(H,24,26). The van der Waals surface area contributed by atoms with E-state index in [1.807, 2.05) is 0 Å². The molecule has 26 heavy (non-hydrogen) atoms. The Kier molecular flexibility index (Phi) is 6.36. The number of piperazine rings is 1. The molecule has 1 atom stereocenters. The summed E-state index contributed by atoms with van der Waals surface area (Å²) in [5.74, 6) is -0.564. The topological polar surface area (TPSA) is 44.4 Å². The van der Waals surface area contributed by atoms with Crippen LogP contribution in [0.5, 0.6) is 0 Å². The summed E-state index contributed by atoms with van der Waals surface area (Å²) < 4.78 is 13.7. The maximum absolute atomic E-state index is 13.7. The lowest BCUT2D eigenvalue weighted by atomic mass is 10.0. The third-order valence-corrected chi connectivity index (χ3v) is 4.90. The Balaban J connectivity index is 1.59. The zero-order chi connectivity index (χ0) is 18.4. The summed E-state index contributed by atoms with van der Waals surface area (Å²) in [6.07, 6.45) is 1.38. The Labute approximate surface area is 154 Å². The monoisotopic (exact) mass is 355 g/mol. The van der Waals surface area contributed by atoms with Crippen molar-refractivity contribution in [1.29, 1.82) is 0 Å². The van der Waals surface area contributed by atoms with Crippen molar-refractivity contribution in [2.45, 2.75) is 25.8 Å². The molecule has 2 aromatic rings. The molecule has 1 heterocycles. The van der Waals surface area contributed by atoms with Crippen LogP contribution in [0.25, 0.3) is 0 Å². The summed E-state index contributed by atoms with van der Waals surface area (Å²) >= 11 is 0. The predicted octanol–water partition coefficient (Wildman–Crippen LogP) is 3.36. The zero-order valence-electron chi connectivity index (χ0n) is 15.2. The average molecular weight is 355 g/mol. The molecule has 1 aliphatic heterocycles. The van der Waals surface area contributed by atoms with Gasteiger partial charge in [-0.05, 0) is 29.7 Å². The second kappa shape index (κ2) is 8.92. The molecule has 4 nitrogen and oxygen atoms in total. The fraction of sp³-hybridized carbons (Fsp3) is 0.381. The molecule has 1 saturated heterocycles. The summed E-state index contributed by atoms with van der Waals surface area (Å²) in [4.78, 5) is 14.5. The normalized spacial score (nSPS) is 17.8. The average Bonchev–Trinajstić information content (AvgIpc) is 2.68. The van der Waals surface area contributed by atoms with E-state index < -0.39 is 5.82 Å². The van der Waals surface area contributed by atoms with E-state index >= 15 is 0 Å². The third-order valence-electron chi connectivity index (χ3n) is 4.90. The first kappa shape index (κ1) is 18.5. The van der Waals surface area contributed by atoms with E-state index in [9.17, 15) is 9.18 Å². The molecule has 2 aromatic carbocycles. The van der Waals surface area contributed by atoms with Crippen LogP contribution in [0.15, 0.2) is 48.5 Å². The van der Waals surface area contributed by atoms with Gasteiger partial charge in [-0.15, -0.1) is 0 Å². The van der Waals surface area contributed by atoms with Crippen molar-refractivity contribution in [3.8, 4) is 0 Å². The third kappa shape index (κ3) is 4.68. The lowest BCUT2D eigenvalue weighted by Crippen LogP contribution is -2.46. The first-order chi connectivity index (χ1) is 12.7. The summed E-state index contributed by atoms with van der Waals surface area (Å²) in [5, 5.41) is 6.10. The molecular weight excluding hydrogens is 329 g/mol. The van der Waals surface area contributed by atoms with Crippen molar-refractivity contribution in [2.24, 2.45) is 0 Å². The number of rotatable bonds is 6. The minimum absolute atomic E-state index is 0.159. The number of hydrogen-bond donors (Lipinski definition) is 2. The van der Waals surface area contributed by atoms with Crippen LogP contribution in [0, 0.1) is 5.82 Å². The van der Waals surface area contributed by atoms with Gasteiger partial charge < -0.3 is 10.6 Å². The van der Waals surface area contributed by atoms with Crippen LogP contribution in [0.4, 0.5) is 10.1 Å². The van der Waals surface area contributed by atoms with Crippen LogP contribution in [0.3, 0.4) is 0 Å². The molecule has 1 amide bonds. The van der Waals surface area contributed by atoms with Crippen LogP contribution in [0.1, 0.15) is 30.5 Å². The van der Waals surface area contributed by atoms with Crippen LogP contribution in [0.2, 0.25) is 0 Å². The molecule has 2 N–H and O–H groups in total. The molecule has 0 aromatic heterocycles. The van der Waals surface area contributed by atoms with E-state index in [0.29, 0.717) is 13.0 Å². The van der Waals surface area contributed by atoms with Crippen LogP contribution < -0.4 is 10.6 Å². The van der Waals surface area contributed by atoms with Crippen molar-refractivity contribution < 1.29 is 9.18 Å². The maximum Gasteiger partial charge on any atom is 0.225 e. The van der Waals surface area contributed by atoms with Gasteiger partial charge in [0.2, 0.25) is 5.91 Å². The highest BCUT2D eigenvalue weighted by molar-refractivity contribution is 5.90. The number of amides is 1. The van der Waals surface area contributed by atoms with Gasteiger partial charge in [-0.2, -0.15) is 0 Å². The van der Waals surface area contributed by atoms with Gasteiger partial charge in [0.05, 0.1) is 5.69 Å². The largest absolute Gasteiger partial charge is 0.324 e. The molecule has 1 unspecified atom stereocenters. The molecular formula is C21H26FN3O. The molecule has 0 aliphatic carbocycles. The molecule has 3 rings (SSSR count). The van der Waals surface area contributed by atoms with E-state index in [2.05, 4.69) is 46.7 Å². The fourth-order valence-electron chi connectivity index (χ4n) is 3.34. The smallest absolute Gasteiger partial charge is 0.225 e. The van der Waals surface area contributed by atoms with Crippen LogP contribution in [-0.2, 0) is 11.2 Å². The van der Waals surface area contributed by atoms with Gasteiger partial charge >= 0.3 is 0 Å². The second-order valence-corrected chi connectivity index (χ2v) is 6.63. The highest BCUT2D eigenvalue weighted by atomic mass is 19.1.